The van der Waals surface area contributed by atoms with Gasteiger partial charge < -0.3 is 10.5 Å². The molecule has 0 aliphatic heterocycles. The number of aryl methyl sites for hydroxylation is 1. The van der Waals surface area contributed by atoms with Crippen LogP contribution >= 0.6 is 0 Å². The third kappa shape index (κ3) is 3.19. The van der Waals surface area contributed by atoms with Gasteiger partial charge in [0, 0.05) is 18.0 Å². The van der Waals surface area contributed by atoms with Crippen molar-refractivity contribution >= 4 is 16.8 Å². The summed E-state index contributed by atoms with van der Waals surface area (Å²) in [5.74, 6) is 0.909. The molecule has 4 nitrogen and oxygen atoms in total. The topological polar surface area (TPSA) is 57.2 Å². The first kappa shape index (κ1) is 16.3. The molecule has 3 aromatic rings. The Bertz CT molecular complexity index is 852. The molecular formula is C20H22N2O2. The highest BCUT2D eigenvalue weighted by Gasteiger charge is 2.14. The van der Waals surface area contributed by atoms with Crippen LogP contribution in [0.2, 0.25) is 0 Å². The average Bonchev–Trinajstić information content (AvgIpc) is 2.99. The second kappa shape index (κ2) is 7.32. The van der Waals surface area contributed by atoms with E-state index in [1.54, 1.807) is 11.7 Å². The molecule has 124 valence electrons. The van der Waals surface area contributed by atoms with Gasteiger partial charge in [-0.2, -0.15) is 0 Å². The summed E-state index contributed by atoms with van der Waals surface area (Å²) in [7, 11) is 1.65. The maximum atomic E-state index is 12.7. The molecule has 0 aliphatic rings. The Labute approximate surface area is 141 Å². The van der Waals surface area contributed by atoms with Crippen molar-refractivity contribution < 1.29 is 9.53 Å². The molecule has 0 saturated heterocycles. The number of nitrogens with zero attached hydrogens (tertiary/aromatic N) is 1. The highest BCUT2D eigenvalue weighted by Crippen LogP contribution is 2.23. The Morgan fingerprint density at radius 2 is 1.79 bits per heavy atom. The minimum absolute atomic E-state index is 0.0837. The van der Waals surface area contributed by atoms with E-state index in [1.165, 1.54) is 0 Å². The molecule has 0 atom stereocenters. The van der Waals surface area contributed by atoms with E-state index in [1.807, 2.05) is 54.7 Å². The summed E-state index contributed by atoms with van der Waals surface area (Å²) >= 11 is 0. The maximum Gasteiger partial charge on any atom is 0.231 e. The van der Waals surface area contributed by atoms with Gasteiger partial charge in [-0.05, 0) is 42.6 Å². The molecule has 0 radical (unpaired) electrons. The van der Waals surface area contributed by atoms with Crippen LogP contribution < -0.4 is 10.5 Å². The van der Waals surface area contributed by atoms with Crippen molar-refractivity contribution in [3.05, 3.63) is 65.9 Å². The molecule has 1 heterocycles. The Morgan fingerprint density at radius 1 is 1.04 bits per heavy atom. The fourth-order valence-corrected chi connectivity index (χ4v) is 3.08. The molecule has 0 amide bonds. The number of benzene rings is 2. The monoisotopic (exact) mass is 322 g/mol. The summed E-state index contributed by atoms with van der Waals surface area (Å²) in [5, 5.41) is 1.11. The number of nitrogens with two attached hydrogens (primary N) is 1. The third-order valence-corrected chi connectivity index (χ3v) is 4.28. The number of methoxy groups -OCH3 is 1. The van der Waals surface area contributed by atoms with Crippen LogP contribution in [0.5, 0.6) is 5.75 Å². The van der Waals surface area contributed by atoms with Gasteiger partial charge in [-0.1, -0.05) is 36.4 Å². The summed E-state index contributed by atoms with van der Waals surface area (Å²) in [6.45, 7) is 0.573. The van der Waals surface area contributed by atoms with Gasteiger partial charge in [-0.25, -0.2) is 0 Å². The van der Waals surface area contributed by atoms with Crippen LogP contribution in [-0.2, 0) is 12.8 Å². The molecular weight excluding hydrogens is 300 g/mol. The molecule has 2 aromatic carbocycles. The van der Waals surface area contributed by atoms with Crippen LogP contribution in [0.15, 0.2) is 54.7 Å². The normalized spacial score (nSPS) is 10.9. The number of rotatable bonds is 6. The fourth-order valence-electron chi connectivity index (χ4n) is 3.08. The van der Waals surface area contributed by atoms with Gasteiger partial charge in [0.25, 0.3) is 0 Å². The summed E-state index contributed by atoms with van der Waals surface area (Å²) in [4.78, 5) is 12.7. The van der Waals surface area contributed by atoms with Crippen molar-refractivity contribution in [2.45, 2.75) is 19.3 Å². The van der Waals surface area contributed by atoms with E-state index in [9.17, 15) is 4.79 Å². The minimum atomic E-state index is 0.0837. The molecule has 0 unspecified atom stereocenters. The zero-order chi connectivity index (χ0) is 16.9. The molecule has 0 bridgehead atoms. The first-order valence-corrected chi connectivity index (χ1v) is 8.18. The molecule has 1 aromatic heterocycles. The molecule has 0 aliphatic carbocycles. The number of hydrogen-bond donors (Lipinski definition) is 1. The number of aromatic nitrogens is 1. The smallest absolute Gasteiger partial charge is 0.231 e. The molecule has 0 saturated carbocycles. The van der Waals surface area contributed by atoms with Crippen LogP contribution in [0.1, 0.15) is 22.3 Å². The lowest BCUT2D eigenvalue weighted by atomic mass is 10.1. The van der Waals surface area contributed by atoms with Crippen LogP contribution in [-0.4, -0.2) is 24.1 Å². The van der Waals surface area contributed by atoms with E-state index in [4.69, 9.17) is 10.5 Å². The number of para-hydroxylation sites is 2. The Kier molecular flexibility index (Phi) is 4.96. The van der Waals surface area contributed by atoms with E-state index in [2.05, 4.69) is 0 Å². The summed E-state index contributed by atoms with van der Waals surface area (Å²) in [6, 6.07) is 15.8. The van der Waals surface area contributed by atoms with E-state index in [0.717, 1.165) is 34.2 Å². The van der Waals surface area contributed by atoms with E-state index in [-0.39, 0.29) is 5.91 Å². The largest absolute Gasteiger partial charge is 0.496 e. The highest BCUT2D eigenvalue weighted by molar-refractivity contribution is 5.94. The first-order valence-electron chi connectivity index (χ1n) is 8.18. The minimum Gasteiger partial charge on any atom is -0.496 e. The molecule has 3 rings (SSSR count). The Balaban J connectivity index is 1.84. The van der Waals surface area contributed by atoms with Gasteiger partial charge in [-0.3, -0.25) is 9.36 Å². The van der Waals surface area contributed by atoms with Crippen molar-refractivity contribution in [1.29, 1.82) is 0 Å². The van der Waals surface area contributed by atoms with Crippen molar-refractivity contribution in [3.63, 3.8) is 0 Å². The first-order chi connectivity index (χ1) is 11.7. The van der Waals surface area contributed by atoms with Crippen LogP contribution in [0.3, 0.4) is 0 Å². The van der Waals surface area contributed by atoms with Gasteiger partial charge in [0.1, 0.15) is 5.75 Å². The summed E-state index contributed by atoms with van der Waals surface area (Å²) in [5.41, 5.74) is 8.82. The lowest BCUT2D eigenvalue weighted by molar-refractivity contribution is 0.0908. The van der Waals surface area contributed by atoms with Gasteiger partial charge in [0.05, 0.1) is 12.6 Å². The van der Waals surface area contributed by atoms with E-state index >= 15 is 0 Å². The lowest BCUT2D eigenvalue weighted by Gasteiger charge is -2.08. The Hall–Kier alpha value is -2.59. The van der Waals surface area contributed by atoms with Crippen LogP contribution in [0.4, 0.5) is 0 Å². The van der Waals surface area contributed by atoms with E-state index < -0.39 is 0 Å². The van der Waals surface area contributed by atoms with Crippen molar-refractivity contribution in [1.82, 2.24) is 4.57 Å². The Morgan fingerprint density at radius 3 is 2.58 bits per heavy atom. The zero-order valence-electron chi connectivity index (χ0n) is 13.9. The molecule has 24 heavy (non-hydrogen) atoms. The molecule has 4 heteroatoms. The molecule has 2 N–H and O–H groups in total. The average molecular weight is 322 g/mol. The summed E-state index contributed by atoms with van der Waals surface area (Å²) in [6.07, 6.45) is 3.79. The quantitative estimate of drug-likeness (QED) is 0.756. The van der Waals surface area contributed by atoms with E-state index in [0.29, 0.717) is 19.4 Å². The van der Waals surface area contributed by atoms with Gasteiger partial charge in [0.2, 0.25) is 5.91 Å². The number of hydrogen-bond acceptors (Lipinski definition) is 3. The van der Waals surface area contributed by atoms with Crippen molar-refractivity contribution in [2.24, 2.45) is 5.73 Å². The summed E-state index contributed by atoms with van der Waals surface area (Å²) < 4.78 is 7.12. The van der Waals surface area contributed by atoms with Crippen LogP contribution in [0.25, 0.3) is 10.9 Å². The SMILES string of the molecule is COc1ccccc1CCC(=O)n1cc(CCN)c2ccccc21. The number of carbonyl (C=O) groups excluding carboxylic acids is 1. The third-order valence-electron chi connectivity index (χ3n) is 4.28. The second-order valence-corrected chi connectivity index (χ2v) is 5.79. The van der Waals surface area contributed by atoms with Crippen LogP contribution in [0, 0.1) is 0 Å². The highest BCUT2D eigenvalue weighted by atomic mass is 16.5. The second-order valence-electron chi connectivity index (χ2n) is 5.79. The number of fused-ring (bicyclic) bond motifs is 1. The predicted molar refractivity (Wildman–Crippen MR) is 96.6 cm³/mol. The lowest BCUT2D eigenvalue weighted by Crippen LogP contribution is -2.10. The fraction of sp³-hybridized carbons (Fsp3) is 0.250. The van der Waals surface area contributed by atoms with Gasteiger partial charge >= 0.3 is 0 Å². The standard InChI is InChI=1S/C20H22N2O2/c1-24-19-9-5-2-6-15(19)10-11-20(23)22-14-16(12-13-21)17-7-3-4-8-18(17)22/h2-9,14H,10-13,21H2,1H3. The maximum absolute atomic E-state index is 12.7. The molecule has 0 fully saturated rings. The number of ether oxygens (including phenoxy) is 1. The van der Waals surface area contributed by atoms with Gasteiger partial charge in [0.15, 0.2) is 0 Å². The van der Waals surface area contributed by atoms with Crippen molar-refractivity contribution in [2.75, 3.05) is 13.7 Å². The van der Waals surface area contributed by atoms with Gasteiger partial charge in [-0.15, -0.1) is 0 Å². The molecule has 0 spiro atoms. The predicted octanol–water partition coefficient (Wildman–Crippen LogP) is 3.42. The zero-order valence-corrected chi connectivity index (χ0v) is 13.9. The van der Waals surface area contributed by atoms with Crippen molar-refractivity contribution in [3.8, 4) is 5.75 Å². The number of carbonyl (C=O) groups is 1.